The van der Waals surface area contributed by atoms with Crippen LogP contribution in [0.5, 0.6) is 0 Å². The van der Waals surface area contributed by atoms with Crippen molar-refractivity contribution >= 4 is 11.7 Å². The van der Waals surface area contributed by atoms with Crippen LogP contribution in [0.25, 0.3) is 5.78 Å². The van der Waals surface area contributed by atoms with Crippen LogP contribution in [0, 0.1) is 13.8 Å². The van der Waals surface area contributed by atoms with E-state index in [9.17, 15) is 27.6 Å². The zero-order valence-corrected chi connectivity index (χ0v) is 17.1. The summed E-state index contributed by atoms with van der Waals surface area (Å²) >= 11 is 0. The van der Waals surface area contributed by atoms with Gasteiger partial charge in [-0.25, -0.2) is 14.3 Å². The Hall–Kier alpha value is -3.51. The Morgan fingerprint density at radius 1 is 1.13 bits per heavy atom. The SMILES string of the molecule is Cc1nc2nc(C(F)(F)F)nn2c(C)c1CCC(=O)OCc1cc(=O)n(C)c(=O)n1C. The summed E-state index contributed by atoms with van der Waals surface area (Å²) < 4.78 is 46.9. The topological polar surface area (TPSA) is 113 Å². The fourth-order valence-corrected chi connectivity index (χ4v) is 3.06. The fourth-order valence-electron chi connectivity index (χ4n) is 3.06. The van der Waals surface area contributed by atoms with E-state index in [-0.39, 0.29) is 30.9 Å². The summed E-state index contributed by atoms with van der Waals surface area (Å²) in [7, 11) is 2.79. The van der Waals surface area contributed by atoms with Gasteiger partial charge in [-0.15, -0.1) is 5.10 Å². The van der Waals surface area contributed by atoms with E-state index in [0.29, 0.717) is 17.0 Å². The van der Waals surface area contributed by atoms with Gasteiger partial charge in [-0.3, -0.25) is 18.7 Å². The van der Waals surface area contributed by atoms with Gasteiger partial charge in [0.25, 0.3) is 17.2 Å². The van der Waals surface area contributed by atoms with Crippen molar-refractivity contribution in [2.45, 2.75) is 39.5 Å². The van der Waals surface area contributed by atoms with Crippen molar-refractivity contribution in [3.8, 4) is 0 Å². The van der Waals surface area contributed by atoms with Gasteiger partial charge in [0.15, 0.2) is 0 Å². The molecule has 13 heteroatoms. The molecule has 0 saturated carbocycles. The maximum atomic E-state index is 12.9. The Kier molecular flexibility index (Phi) is 5.70. The second-order valence-corrected chi connectivity index (χ2v) is 6.94. The van der Waals surface area contributed by atoms with Gasteiger partial charge in [0.2, 0.25) is 0 Å². The van der Waals surface area contributed by atoms with E-state index >= 15 is 0 Å². The second kappa shape index (κ2) is 7.96. The average molecular weight is 440 g/mol. The third-order valence-corrected chi connectivity index (χ3v) is 4.89. The molecule has 3 aromatic rings. The van der Waals surface area contributed by atoms with Gasteiger partial charge >= 0.3 is 17.8 Å². The minimum Gasteiger partial charge on any atom is -0.459 e. The van der Waals surface area contributed by atoms with Gasteiger partial charge in [-0.1, -0.05) is 0 Å². The van der Waals surface area contributed by atoms with Gasteiger partial charge in [0, 0.05) is 38.0 Å². The van der Waals surface area contributed by atoms with Crippen LogP contribution in [-0.2, 0) is 42.8 Å². The van der Waals surface area contributed by atoms with Crippen LogP contribution in [0.15, 0.2) is 15.7 Å². The molecule has 0 saturated heterocycles. The first-order valence-electron chi connectivity index (χ1n) is 9.11. The van der Waals surface area contributed by atoms with Crippen LogP contribution in [0.4, 0.5) is 13.2 Å². The lowest BCUT2D eigenvalue weighted by Crippen LogP contribution is -2.38. The largest absolute Gasteiger partial charge is 0.459 e. The molecule has 0 aliphatic carbocycles. The van der Waals surface area contributed by atoms with Crippen molar-refractivity contribution in [1.29, 1.82) is 0 Å². The molecule has 0 fully saturated rings. The molecule has 3 aromatic heterocycles. The predicted molar refractivity (Wildman–Crippen MR) is 100 cm³/mol. The number of ether oxygens (including phenoxy) is 1. The summed E-state index contributed by atoms with van der Waals surface area (Å²) in [4.78, 5) is 43.2. The number of carbonyl (C=O) groups excluding carboxylic acids is 1. The lowest BCUT2D eigenvalue weighted by molar-refractivity contribution is -0.145. The number of fused-ring (bicyclic) bond motifs is 1. The summed E-state index contributed by atoms with van der Waals surface area (Å²) in [5.41, 5.74) is 0.518. The van der Waals surface area contributed by atoms with Crippen LogP contribution in [0.3, 0.4) is 0 Å². The van der Waals surface area contributed by atoms with Gasteiger partial charge in [0.1, 0.15) is 6.61 Å². The molecular formula is C18H19F3N6O4. The number of hydrogen-bond donors (Lipinski definition) is 0. The third-order valence-electron chi connectivity index (χ3n) is 4.89. The summed E-state index contributed by atoms with van der Waals surface area (Å²) in [6, 6.07) is 1.20. The maximum Gasteiger partial charge on any atom is 0.453 e. The summed E-state index contributed by atoms with van der Waals surface area (Å²) in [6.45, 7) is 2.89. The standard InChI is InChI=1S/C18H19F3N6O4/c1-9-12(10(2)27-16(22-9)23-15(24-27)18(19,20)21)5-6-14(29)31-8-11-7-13(28)26(4)17(30)25(11)3/h7H,5-6,8H2,1-4H3. The van der Waals surface area contributed by atoms with E-state index in [1.54, 1.807) is 13.8 Å². The number of alkyl halides is 3. The Morgan fingerprint density at radius 2 is 1.81 bits per heavy atom. The molecule has 3 rings (SSSR count). The summed E-state index contributed by atoms with van der Waals surface area (Å²) in [5, 5.41) is 3.46. The molecule has 0 spiro atoms. The van der Waals surface area contributed by atoms with Gasteiger partial charge in [0.05, 0.1) is 5.69 Å². The molecule has 0 unspecified atom stereocenters. The number of nitrogens with zero attached hydrogens (tertiary/aromatic N) is 6. The highest BCUT2D eigenvalue weighted by Gasteiger charge is 2.37. The Morgan fingerprint density at radius 3 is 2.45 bits per heavy atom. The van der Waals surface area contributed by atoms with E-state index in [1.165, 1.54) is 24.7 Å². The first-order chi connectivity index (χ1) is 14.4. The Balaban J connectivity index is 1.73. The third kappa shape index (κ3) is 4.34. The van der Waals surface area contributed by atoms with Crippen molar-refractivity contribution in [2.75, 3.05) is 0 Å². The quantitative estimate of drug-likeness (QED) is 0.540. The van der Waals surface area contributed by atoms with Crippen LogP contribution in [0.1, 0.15) is 34.9 Å². The molecule has 0 aromatic carbocycles. The van der Waals surface area contributed by atoms with Crippen molar-refractivity contribution in [3.05, 3.63) is 55.4 Å². The van der Waals surface area contributed by atoms with Gasteiger partial charge < -0.3 is 4.74 Å². The highest BCUT2D eigenvalue weighted by atomic mass is 19.4. The van der Waals surface area contributed by atoms with E-state index in [2.05, 4.69) is 15.1 Å². The van der Waals surface area contributed by atoms with E-state index < -0.39 is 29.2 Å². The van der Waals surface area contributed by atoms with Crippen molar-refractivity contribution in [3.63, 3.8) is 0 Å². The molecule has 0 atom stereocenters. The number of aromatic nitrogens is 6. The molecular weight excluding hydrogens is 421 g/mol. The second-order valence-electron chi connectivity index (χ2n) is 6.94. The minimum atomic E-state index is -4.70. The highest BCUT2D eigenvalue weighted by molar-refractivity contribution is 5.69. The number of halogens is 3. The number of aryl methyl sites for hydroxylation is 2. The van der Waals surface area contributed by atoms with Crippen molar-refractivity contribution in [1.82, 2.24) is 28.7 Å². The first-order valence-corrected chi connectivity index (χ1v) is 9.11. The van der Waals surface area contributed by atoms with E-state index in [4.69, 9.17) is 4.74 Å². The number of hydrogen-bond acceptors (Lipinski definition) is 7. The Bertz CT molecular complexity index is 1290. The molecule has 0 aliphatic heterocycles. The fraction of sp³-hybridized carbons (Fsp3) is 0.444. The number of rotatable bonds is 5. The maximum absolute atomic E-state index is 12.9. The Labute approximate surface area is 172 Å². The summed E-state index contributed by atoms with van der Waals surface area (Å²) in [5.74, 6) is -2.08. The van der Waals surface area contributed by atoms with Crippen LogP contribution in [0.2, 0.25) is 0 Å². The van der Waals surface area contributed by atoms with Crippen molar-refractivity contribution in [2.24, 2.45) is 14.1 Å². The normalized spacial score (nSPS) is 11.8. The molecule has 0 radical (unpaired) electrons. The molecule has 0 aliphatic rings. The van der Waals surface area contributed by atoms with Gasteiger partial charge in [-0.2, -0.15) is 18.2 Å². The van der Waals surface area contributed by atoms with Crippen molar-refractivity contribution < 1.29 is 22.7 Å². The highest BCUT2D eigenvalue weighted by Crippen LogP contribution is 2.27. The van der Waals surface area contributed by atoms with E-state index in [0.717, 1.165) is 9.08 Å². The monoisotopic (exact) mass is 440 g/mol. The molecule has 0 amide bonds. The number of carbonyl (C=O) groups is 1. The first kappa shape index (κ1) is 22.2. The van der Waals surface area contributed by atoms with Gasteiger partial charge in [-0.05, 0) is 25.8 Å². The molecule has 0 N–H and O–H groups in total. The smallest absolute Gasteiger partial charge is 0.453 e. The summed E-state index contributed by atoms with van der Waals surface area (Å²) in [6.07, 6.45) is -4.64. The molecule has 0 bridgehead atoms. The average Bonchev–Trinajstić information content (AvgIpc) is 3.12. The molecule has 3 heterocycles. The predicted octanol–water partition coefficient (Wildman–Crippen LogP) is 0.833. The number of esters is 1. The van der Waals surface area contributed by atoms with E-state index in [1.807, 2.05) is 0 Å². The lowest BCUT2D eigenvalue weighted by atomic mass is 10.1. The van der Waals surface area contributed by atoms with Crippen LogP contribution >= 0.6 is 0 Å². The zero-order valence-electron chi connectivity index (χ0n) is 17.1. The molecule has 166 valence electrons. The minimum absolute atomic E-state index is 0.0888. The molecule has 10 nitrogen and oxygen atoms in total. The lowest BCUT2D eigenvalue weighted by Gasteiger charge is -2.11. The van der Waals surface area contributed by atoms with Crippen LogP contribution < -0.4 is 11.2 Å². The zero-order chi connectivity index (χ0) is 23.1. The van der Waals surface area contributed by atoms with Crippen LogP contribution in [-0.4, -0.2) is 34.7 Å². The molecule has 31 heavy (non-hydrogen) atoms.